The molecule has 158 valence electrons. The number of aromatic nitrogens is 2. The Balaban J connectivity index is 0.000000172. The molecule has 0 saturated heterocycles. The zero-order valence-corrected chi connectivity index (χ0v) is 17.2. The molecule has 30 heavy (non-hydrogen) atoms. The van der Waals surface area contributed by atoms with E-state index in [1.54, 1.807) is 12.1 Å². The van der Waals surface area contributed by atoms with Crippen LogP contribution in [0.15, 0.2) is 41.5 Å². The van der Waals surface area contributed by atoms with Gasteiger partial charge in [0.1, 0.15) is 5.69 Å². The van der Waals surface area contributed by atoms with Gasteiger partial charge in [0.2, 0.25) is 0 Å². The van der Waals surface area contributed by atoms with Crippen molar-refractivity contribution >= 4 is 28.4 Å². The fourth-order valence-corrected chi connectivity index (χ4v) is 4.19. The molecule has 8 heteroatoms. The molecule has 2 aromatic heterocycles. The summed E-state index contributed by atoms with van der Waals surface area (Å²) in [4.78, 5) is 29.0. The lowest BCUT2D eigenvalue weighted by Crippen LogP contribution is -2.17. The predicted octanol–water partition coefficient (Wildman–Crippen LogP) is 4.93. The number of hydrogen-bond acceptors (Lipinski definition) is 3. The van der Waals surface area contributed by atoms with Crippen molar-refractivity contribution in [3.63, 3.8) is 0 Å². The Morgan fingerprint density at radius 1 is 1.23 bits per heavy atom. The number of rotatable bonds is 2. The maximum Gasteiger partial charge on any atom is 0.268 e. The van der Waals surface area contributed by atoms with E-state index in [0.29, 0.717) is 11.4 Å². The first-order valence-corrected chi connectivity index (χ1v) is 10.1. The number of primary amides is 1. The van der Waals surface area contributed by atoms with Gasteiger partial charge >= 0.3 is 0 Å². The highest BCUT2D eigenvalue weighted by molar-refractivity contribution is 6.31. The van der Waals surface area contributed by atoms with Crippen LogP contribution in [-0.2, 0) is 0 Å². The Labute approximate surface area is 177 Å². The Morgan fingerprint density at radius 2 is 2.00 bits per heavy atom. The van der Waals surface area contributed by atoms with Crippen LogP contribution in [0.3, 0.4) is 0 Å². The lowest BCUT2D eigenvalue weighted by molar-refractivity contribution is 0.0997. The molecule has 2 unspecified atom stereocenters. The number of benzene rings is 1. The number of amides is 1. The molecule has 2 atom stereocenters. The summed E-state index contributed by atoms with van der Waals surface area (Å²) in [5, 5.41) is 0.210. The van der Waals surface area contributed by atoms with Gasteiger partial charge in [0.15, 0.2) is 17.1 Å². The summed E-state index contributed by atoms with van der Waals surface area (Å²) in [5.41, 5.74) is 6.16. The lowest BCUT2D eigenvalue weighted by atomic mass is 9.79. The van der Waals surface area contributed by atoms with Gasteiger partial charge < -0.3 is 10.7 Å². The molecule has 0 aliphatic heterocycles. The van der Waals surface area contributed by atoms with Gasteiger partial charge in [-0.3, -0.25) is 14.6 Å². The molecule has 3 N–H and O–H groups in total. The van der Waals surface area contributed by atoms with E-state index in [1.165, 1.54) is 30.9 Å². The van der Waals surface area contributed by atoms with Crippen molar-refractivity contribution in [3.05, 3.63) is 74.8 Å². The molecule has 1 amide bonds. The van der Waals surface area contributed by atoms with Gasteiger partial charge in [-0.2, -0.15) is 0 Å². The zero-order valence-electron chi connectivity index (χ0n) is 16.4. The van der Waals surface area contributed by atoms with Crippen LogP contribution in [0.4, 0.5) is 8.78 Å². The van der Waals surface area contributed by atoms with Crippen LogP contribution in [0.5, 0.6) is 0 Å². The number of fused-ring (bicyclic) bond motifs is 1. The van der Waals surface area contributed by atoms with Crippen molar-refractivity contribution < 1.29 is 13.6 Å². The van der Waals surface area contributed by atoms with Crippen LogP contribution in [-0.4, -0.2) is 15.9 Å². The molecule has 3 aromatic rings. The minimum absolute atomic E-state index is 0.00403. The van der Waals surface area contributed by atoms with E-state index in [1.807, 2.05) is 0 Å². The summed E-state index contributed by atoms with van der Waals surface area (Å²) in [7, 11) is 0. The van der Waals surface area contributed by atoms with E-state index in [-0.39, 0.29) is 27.4 Å². The average molecular weight is 434 g/mol. The number of H-pyrrole nitrogens is 1. The van der Waals surface area contributed by atoms with Gasteiger partial charge in [-0.1, -0.05) is 37.4 Å². The van der Waals surface area contributed by atoms with Crippen LogP contribution >= 0.6 is 11.6 Å². The molecule has 0 bridgehead atoms. The molecule has 1 aromatic carbocycles. The Bertz CT molecular complexity index is 1130. The monoisotopic (exact) mass is 433 g/mol. The fourth-order valence-electron chi connectivity index (χ4n) is 3.88. The second kappa shape index (κ2) is 9.34. The van der Waals surface area contributed by atoms with E-state index in [9.17, 15) is 18.4 Å². The summed E-state index contributed by atoms with van der Waals surface area (Å²) < 4.78 is 26.3. The van der Waals surface area contributed by atoms with Gasteiger partial charge in [-0.15, -0.1) is 0 Å². The number of carbonyl (C=O) groups excluding carboxylic acids is 1. The molecule has 2 heterocycles. The second-order valence-corrected chi connectivity index (χ2v) is 7.90. The third-order valence-corrected chi connectivity index (χ3v) is 5.73. The highest BCUT2D eigenvalue weighted by Crippen LogP contribution is 2.39. The SMILES string of the molecule is CC1CCCC(c2ccc(F)c(F)c2Cl)C1.NC(=O)c1nccc2[nH]ccc(=O)c12. The maximum absolute atomic E-state index is 13.3. The first-order valence-electron chi connectivity index (χ1n) is 9.69. The van der Waals surface area contributed by atoms with Crippen molar-refractivity contribution in [1.82, 2.24) is 9.97 Å². The highest BCUT2D eigenvalue weighted by atomic mass is 35.5. The third-order valence-electron chi connectivity index (χ3n) is 5.35. The molecule has 1 aliphatic carbocycles. The van der Waals surface area contributed by atoms with Crippen LogP contribution in [0.1, 0.15) is 54.6 Å². The molecule has 1 fully saturated rings. The summed E-state index contributed by atoms with van der Waals surface area (Å²) in [6.07, 6.45) is 7.34. The van der Waals surface area contributed by atoms with Crippen LogP contribution < -0.4 is 11.2 Å². The summed E-state index contributed by atoms with van der Waals surface area (Å²) in [5.74, 6) is -1.54. The van der Waals surface area contributed by atoms with E-state index in [2.05, 4.69) is 16.9 Å². The average Bonchev–Trinajstić information content (AvgIpc) is 2.72. The normalized spacial score (nSPS) is 18.5. The van der Waals surface area contributed by atoms with Crippen molar-refractivity contribution in [1.29, 1.82) is 0 Å². The molecule has 4 rings (SSSR count). The second-order valence-electron chi connectivity index (χ2n) is 7.52. The van der Waals surface area contributed by atoms with Gasteiger partial charge in [0, 0.05) is 18.5 Å². The number of halogens is 3. The van der Waals surface area contributed by atoms with Gasteiger partial charge in [0.25, 0.3) is 5.91 Å². The Morgan fingerprint density at radius 3 is 2.70 bits per heavy atom. The largest absolute Gasteiger partial charge is 0.364 e. The number of nitrogens with zero attached hydrogens (tertiary/aromatic N) is 1. The van der Waals surface area contributed by atoms with Crippen molar-refractivity contribution in [2.24, 2.45) is 11.7 Å². The summed E-state index contributed by atoms with van der Waals surface area (Å²) >= 11 is 5.86. The maximum atomic E-state index is 13.3. The highest BCUT2D eigenvalue weighted by Gasteiger charge is 2.24. The van der Waals surface area contributed by atoms with Gasteiger partial charge in [0.05, 0.1) is 15.9 Å². The van der Waals surface area contributed by atoms with Crippen molar-refractivity contribution in [2.45, 2.75) is 38.5 Å². The predicted molar refractivity (Wildman–Crippen MR) is 113 cm³/mol. The Kier molecular flexibility index (Phi) is 6.82. The number of nitrogens with two attached hydrogens (primary N) is 1. The van der Waals surface area contributed by atoms with Gasteiger partial charge in [-0.05, 0) is 42.4 Å². The van der Waals surface area contributed by atoms with Gasteiger partial charge in [-0.25, -0.2) is 8.78 Å². The summed E-state index contributed by atoms with van der Waals surface area (Å²) in [6, 6.07) is 5.75. The molecular weight excluding hydrogens is 412 g/mol. The number of carbonyl (C=O) groups is 1. The third kappa shape index (κ3) is 4.67. The molecule has 1 aliphatic rings. The minimum atomic E-state index is -0.905. The lowest BCUT2D eigenvalue weighted by Gasteiger charge is -2.27. The first kappa shape index (κ1) is 21.9. The van der Waals surface area contributed by atoms with E-state index < -0.39 is 17.5 Å². The molecular formula is C22H22ClF2N3O2. The van der Waals surface area contributed by atoms with Crippen molar-refractivity contribution in [2.75, 3.05) is 0 Å². The Hall–Kier alpha value is -2.80. The number of pyridine rings is 2. The van der Waals surface area contributed by atoms with Crippen molar-refractivity contribution in [3.8, 4) is 0 Å². The number of hydrogen-bond donors (Lipinski definition) is 2. The van der Waals surface area contributed by atoms with Crippen LogP contribution in [0.2, 0.25) is 5.02 Å². The van der Waals surface area contributed by atoms with E-state index in [4.69, 9.17) is 17.3 Å². The smallest absolute Gasteiger partial charge is 0.268 e. The topological polar surface area (TPSA) is 88.8 Å². The van der Waals surface area contributed by atoms with E-state index >= 15 is 0 Å². The number of nitrogens with one attached hydrogen (secondary N) is 1. The zero-order chi connectivity index (χ0) is 21.8. The molecule has 0 spiro atoms. The molecule has 5 nitrogen and oxygen atoms in total. The standard InChI is InChI=1S/C13H15ClF2.C9H7N3O2/c1-8-3-2-4-9(7-8)10-5-6-11(15)13(16)12(10)14;10-9(14)8-7-5(1-3-12-8)11-4-2-6(7)13/h5-6,8-9H,2-4,7H2,1H3;1-4H,(H2,10,14)(H,11,13). The molecule has 1 saturated carbocycles. The summed E-state index contributed by atoms with van der Waals surface area (Å²) in [6.45, 7) is 2.19. The number of aromatic amines is 1. The quantitative estimate of drug-likeness (QED) is 0.561. The van der Waals surface area contributed by atoms with Crippen LogP contribution in [0.25, 0.3) is 10.9 Å². The molecule has 0 radical (unpaired) electrons. The minimum Gasteiger partial charge on any atom is -0.364 e. The first-order chi connectivity index (χ1) is 14.3. The fraction of sp³-hybridized carbons (Fsp3) is 0.318. The van der Waals surface area contributed by atoms with E-state index in [0.717, 1.165) is 24.8 Å². The van der Waals surface area contributed by atoms with Crippen LogP contribution in [0, 0.1) is 17.6 Å².